The summed E-state index contributed by atoms with van der Waals surface area (Å²) in [5, 5.41) is 1.07. The Morgan fingerprint density at radius 2 is 2.08 bits per heavy atom. The van der Waals surface area contributed by atoms with Gasteiger partial charge in [0.05, 0.1) is 31.8 Å². The number of hydrogen-bond acceptors (Lipinski definition) is 5. The van der Waals surface area contributed by atoms with Gasteiger partial charge in [0.2, 0.25) is 5.91 Å². The smallest absolute Gasteiger partial charge is 0.227 e. The number of amides is 1. The molecule has 1 amide bonds. The summed E-state index contributed by atoms with van der Waals surface area (Å²) >= 11 is 0. The molecule has 6 nitrogen and oxygen atoms in total. The van der Waals surface area contributed by atoms with Gasteiger partial charge in [-0.1, -0.05) is 0 Å². The van der Waals surface area contributed by atoms with Crippen LogP contribution in [0.15, 0.2) is 30.5 Å². The molecule has 3 heterocycles. The van der Waals surface area contributed by atoms with Crippen LogP contribution in [-0.4, -0.2) is 62.3 Å². The van der Waals surface area contributed by atoms with Crippen molar-refractivity contribution in [1.29, 1.82) is 0 Å². The number of fused-ring (bicyclic) bond motifs is 1. The number of carbonyl (C=O) groups excluding carboxylic acids is 1. The van der Waals surface area contributed by atoms with Crippen molar-refractivity contribution in [3.05, 3.63) is 30.5 Å². The van der Waals surface area contributed by atoms with Gasteiger partial charge in [0.1, 0.15) is 5.75 Å². The van der Waals surface area contributed by atoms with Gasteiger partial charge in [0.25, 0.3) is 0 Å². The Morgan fingerprint density at radius 3 is 2.88 bits per heavy atom. The van der Waals surface area contributed by atoms with Crippen molar-refractivity contribution in [3.63, 3.8) is 0 Å². The lowest BCUT2D eigenvalue weighted by atomic mass is 10.1. The molecule has 2 aromatic rings. The van der Waals surface area contributed by atoms with Crippen LogP contribution in [0.3, 0.4) is 0 Å². The van der Waals surface area contributed by atoms with Gasteiger partial charge in [-0.05, 0) is 30.7 Å². The number of carbonyl (C=O) groups is 1. The predicted octanol–water partition coefficient (Wildman–Crippen LogP) is 1.93. The Kier molecular flexibility index (Phi) is 4.44. The highest BCUT2D eigenvalue weighted by molar-refractivity contribution is 5.93. The molecule has 2 fully saturated rings. The summed E-state index contributed by atoms with van der Waals surface area (Å²) in [4.78, 5) is 21.4. The van der Waals surface area contributed by atoms with Crippen molar-refractivity contribution in [2.75, 3.05) is 51.4 Å². The van der Waals surface area contributed by atoms with E-state index in [-0.39, 0.29) is 11.8 Å². The molecule has 2 aliphatic rings. The van der Waals surface area contributed by atoms with Crippen molar-refractivity contribution >= 4 is 22.5 Å². The van der Waals surface area contributed by atoms with Gasteiger partial charge in [-0.15, -0.1) is 0 Å². The number of methoxy groups -OCH3 is 1. The van der Waals surface area contributed by atoms with E-state index in [1.54, 1.807) is 7.11 Å². The molecule has 2 aliphatic heterocycles. The molecule has 1 aromatic carbocycles. The molecular formula is C19H23N3O3. The number of rotatable bonds is 3. The summed E-state index contributed by atoms with van der Waals surface area (Å²) in [5.74, 6) is 1.15. The molecule has 6 heteroatoms. The standard InChI is InChI=1S/C19H23N3O3/c1-24-15-2-3-17-16(12-15)18(4-6-20-17)22-7-5-14(13-22)19(23)21-8-10-25-11-9-21/h2-4,6,12,14H,5,7-11,13H2,1H3. The fourth-order valence-corrected chi connectivity index (χ4v) is 3.74. The Hall–Kier alpha value is -2.34. The summed E-state index contributed by atoms with van der Waals surface area (Å²) in [6.45, 7) is 4.37. The van der Waals surface area contributed by atoms with Crippen LogP contribution in [-0.2, 0) is 9.53 Å². The Bertz CT molecular complexity index is 774. The molecule has 2 saturated heterocycles. The van der Waals surface area contributed by atoms with Crippen molar-refractivity contribution in [2.45, 2.75) is 6.42 Å². The minimum atomic E-state index is 0.0620. The van der Waals surface area contributed by atoms with Crippen LogP contribution in [0.1, 0.15) is 6.42 Å². The van der Waals surface area contributed by atoms with E-state index in [0.29, 0.717) is 26.3 Å². The van der Waals surface area contributed by atoms with Crippen LogP contribution < -0.4 is 9.64 Å². The molecule has 0 N–H and O–H groups in total. The first kappa shape index (κ1) is 16.1. The maximum atomic E-state index is 12.8. The first-order valence-electron chi connectivity index (χ1n) is 8.80. The highest BCUT2D eigenvalue weighted by Gasteiger charge is 2.32. The minimum absolute atomic E-state index is 0.0620. The lowest BCUT2D eigenvalue weighted by Crippen LogP contribution is -2.44. The second-order valence-electron chi connectivity index (χ2n) is 6.58. The topological polar surface area (TPSA) is 54.9 Å². The van der Waals surface area contributed by atoms with Crippen LogP contribution >= 0.6 is 0 Å². The number of benzene rings is 1. The quantitative estimate of drug-likeness (QED) is 0.854. The zero-order valence-corrected chi connectivity index (χ0v) is 14.5. The molecule has 0 radical (unpaired) electrons. The van der Waals surface area contributed by atoms with Crippen LogP contribution in [0.4, 0.5) is 5.69 Å². The summed E-state index contributed by atoms with van der Waals surface area (Å²) in [5.41, 5.74) is 2.07. The molecule has 4 rings (SSSR count). The number of hydrogen-bond donors (Lipinski definition) is 0. The van der Waals surface area contributed by atoms with E-state index in [4.69, 9.17) is 9.47 Å². The number of ether oxygens (including phenoxy) is 2. The average molecular weight is 341 g/mol. The monoisotopic (exact) mass is 341 g/mol. The third kappa shape index (κ3) is 3.14. The second kappa shape index (κ2) is 6.88. The van der Waals surface area contributed by atoms with E-state index in [0.717, 1.165) is 41.9 Å². The summed E-state index contributed by atoms with van der Waals surface area (Å²) < 4.78 is 10.7. The molecule has 132 valence electrons. The van der Waals surface area contributed by atoms with Gasteiger partial charge in [-0.3, -0.25) is 9.78 Å². The molecule has 1 aromatic heterocycles. The predicted molar refractivity (Wildman–Crippen MR) is 96.0 cm³/mol. The number of pyridine rings is 1. The summed E-state index contributed by atoms with van der Waals surface area (Å²) in [6.07, 6.45) is 2.73. The molecule has 0 bridgehead atoms. The number of morpholine rings is 1. The highest BCUT2D eigenvalue weighted by atomic mass is 16.5. The Balaban J connectivity index is 1.55. The largest absolute Gasteiger partial charge is 0.497 e. The van der Waals surface area contributed by atoms with Gasteiger partial charge < -0.3 is 19.3 Å². The summed E-state index contributed by atoms with van der Waals surface area (Å²) in [7, 11) is 1.67. The van der Waals surface area contributed by atoms with E-state index in [2.05, 4.69) is 9.88 Å². The summed E-state index contributed by atoms with van der Waals surface area (Å²) in [6, 6.07) is 7.95. The van der Waals surface area contributed by atoms with Crippen molar-refractivity contribution in [1.82, 2.24) is 9.88 Å². The zero-order chi connectivity index (χ0) is 17.2. The van der Waals surface area contributed by atoms with Crippen LogP contribution in [0.5, 0.6) is 5.75 Å². The highest BCUT2D eigenvalue weighted by Crippen LogP contribution is 2.32. The molecule has 25 heavy (non-hydrogen) atoms. The van der Waals surface area contributed by atoms with E-state index >= 15 is 0 Å². The Morgan fingerprint density at radius 1 is 1.24 bits per heavy atom. The molecule has 0 spiro atoms. The maximum absolute atomic E-state index is 12.8. The van der Waals surface area contributed by atoms with Gasteiger partial charge in [0, 0.05) is 43.4 Å². The molecule has 0 aliphatic carbocycles. The van der Waals surface area contributed by atoms with E-state index in [9.17, 15) is 4.79 Å². The van der Waals surface area contributed by atoms with E-state index in [1.807, 2.05) is 35.4 Å². The number of aromatic nitrogens is 1. The van der Waals surface area contributed by atoms with Gasteiger partial charge >= 0.3 is 0 Å². The number of anilines is 1. The SMILES string of the molecule is COc1ccc2nccc(N3CCC(C(=O)N4CCOCC4)C3)c2c1. The van der Waals surface area contributed by atoms with Crippen LogP contribution in [0.2, 0.25) is 0 Å². The first-order valence-corrected chi connectivity index (χ1v) is 8.80. The second-order valence-corrected chi connectivity index (χ2v) is 6.58. The normalized spacial score (nSPS) is 20.9. The lowest BCUT2D eigenvalue weighted by Gasteiger charge is -2.29. The van der Waals surface area contributed by atoms with E-state index in [1.165, 1.54) is 0 Å². The third-order valence-electron chi connectivity index (χ3n) is 5.13. The van der Waals surface area contributed by atoms with Gasteiger partial charge in [-0.25, -0.2) is 0 Å². The minimum Gasteiger partial charge on any atom is -0.497 e. The number of nitrogens with zero attached hydrogens (tertiary/aromatic N) is 3. The van der Waals surface area contributed by atoms with Crippen molar-refractivity contribution in [2.24, 2.45) is 5.92 Å². The Labute approximate surface area is 147 Å². The van der Waals surface area contributed by atoms with E-state index < -0.39 is 0 Å². The molecule has 0 saturated carbocycles. The van der Waals surface area contributed by atoms with Crippen LogP contribution in [0.25, 0.3) is 10.9 Å². The fourth-order valence-electron chi connectivity index (χ4n) is 3.74. The molecule has 1 atom stereocenters. The van der Waals surface area contributed by atoms with Gasteiger partial charge in [0.15, 0.2) is 0 Å². The lowest BCUT2D eigenvalue weighted by molar-refractivity contribution is -0.138. The molecule has 1 unspecified atom stereocenters. The van der Waals surface area contributed by atoms with Gasteiger partial charge in [-0.2, -0.15) is 0 Å². The van der Waals surface area contributed by atoms with Crippen molar-refractivity contribution in [3.8, 4) is 5.75 Å². The first-order chi connectivity index (χ1) is 12.3. The third-order valence-corrected chi connectivity index (χ3v) is 5.13. The maximum Gasteiger partial charge on any atom is 0.227 e. The van der Waals surface area contributed by atoms with Crippen molar-refractivity contribution < 1.29 is 14.3 Å². The zero-order valence-electron chi connectivity index (χ0n) is 14.5. The van der Waals surface area contributed by atoms with Crippen LogP contribution in [0, 0.1) is 5.92 Å². The molecular weight excluding hydrogens is 318 g/mol. The fraction of sp³-hybridized carbons (Fsp3) is 0.474. The average Bonchev–Trinajstić information content (AvgIpc) is 3.17.